The van der Waals surface area contributed by atoms with E-state index in [0.717, 1.165) is 5.56 Å². The van der Waals surface area contributed by atoms with Gasteiger partial charge in [-0.2, -0.15) is 0 Å². The van der Waals surface area contributed by atoms with Crippen LogP contribution >= 0.6 is 0 Å². The molecular formula is C40H42O14. The molecule has 0 radical (unpaired) electrons. The first-order valence-electron chi connectivity index (χ1n) is 17.3. The number of ether oxygens (including phenoxy) is 8. The summed E-state index contributed by atoms with van der Waals surface area (Å²) in [7, 11) is 1.51. The molecule has 0 spiro atoms. The minimum absolute atomic E-state index is 0.137. The summed E-state index contributed by atoms with van der Waals surface area (Å²) in [5.74, 6) is -0.794. The fraction of sp³-hybridized carbons (Fsp3) is 0.350. The highest BCUT2D eigenvalue weighted by Crippen LogP contribution is 2.35. The van der Waals surface area contributed by atoms with Crippen molar-refractivity contribution in [1.82, 2.24) is 0 Å². The molecule has 4 aromatic carbocycles. The fourth-order valence-electron chi connectivity index (χ4n) is 6.05. The Morgan fingerprint density at radius 1 is 0.611 bits per heavy atom. The number of carbonyl (C=O) groups excluding carboxylic acids is 2. The number of carbonyl (C=O) groups is 2. The molecule has 0 amide bonds. The summed E-state index contributed by atoms with van der Waals surface area (Å²) in [6, 6.07) is 32.0. The zero-order valence-corrected chi connectivity index (χ0v) is 29.2. The van der Waals surface area contributed by atoms with Gasteiger partial charge in [0.15, 0.2) is 12.4 Å². The molecule has 0 aliphatic carbocycles. The Hall–Kier alpha value is -4.90. The molecule has 10 atom stereocenters. The second kappa shape index (κ2) is 18.4. The van der Waals surface area contributed by atoms with E-state index in [9.17, 15) is 30.0 Å². The molecule has 0 aromatic heterocycles. The maximum absolute atomic E-state index is 13.8. The number of hydrogen-bond acceptors (Lipinski definition) is 14. The summed E-state index contributed by atoms with van der Waals surface area (Å²) >= 11 is 0. The first-order valence-corrected chi connectivity index (χ1v) is 17.3. The number of aliphatic hydroxyl groups excluding tert-OH is 4. The van der Waals surface area contributed by atoms with Crippen molar-refractivity contribution < 1.29 is 67.9 Å². The van der Waals surface area contributed by atoms with Crippen LogP contribution in [0.5, 0.6) is 11.5 Å². The Balaban J connectivity index is 1.41. The molecule has 6 rings (SSSR count). The number of methoxy groups -OCH3 is 1. The topological polar surface area (TPSA) is 189 Å². The molecule has 286 valence electrons. The van der Waals surface area contributed by atoms with Crippen molar-refractivity contribution in [2.45, 2.75) is 68.0 Å². The van der Waals surface area contributed by atoms with Crippen LogP contribution < -0.4 is 9.47 Å². The lowest BCUT2D eigenvalue weighted by molar-refractivity contribution is -0.352. The second-order valence-corrected chi connectivity index (χ2v) is 12.6. The molecular weight excluding hydrogens is 704 g/mol. The van der Waals surface area contributed by atoms with Gasteiger partial charge >= 0.3 is 11.9 Å². The van der Waals surface area contributed by atoms with Gasteiger partial charge in [-0.15, -0.1) is 0 Å². The van der Waals surface area contributed by atoms with Crippen molar-refractivity contribution in [2.24, 2.45) is 0 Å². The summed E-state index contributed by atoms with van der Waals surface area (Å²) in [5.41, 5.74) is 1.18. The Morgan fingerprint density at radius 3 is 1.72 bits per heavy atom. The van der Waals surface area contributed by atoms with Gasteiger partial charge in [-0.25, -0.2) is 9.59 Å². The van der Waals surface area contributed by atoms with Gasteiger partial charge in [0.05, 0.1) is 38.1 Å². The number of esters is 2. The summed E-state index contributed by atoms with van der Waals surface area (Å²) in [6.45, 7) is -0.798. The smallest absolute Gasteiger partial charge is 0.338 e. The first kappa shape index (κ1) is 38.8. The van der Waals surface area contributed by atoms with Crippen molar-refractivity contribution in [3.05, 3.63) is 132 Å². The highest BCUT2D eigenvalue weighted by Gasteiger charge is 2.55. The van der Waals surface area contributed by atoms with E-state index in [4.69, 9.17) is 37.9 Å². The lowest BCUT2D eigenvalue weighted by atomic mass is 9.96. The van der Waals surface area contributed by atoms with E-state index in [1.54, 1.807) is 72.8 Å². The van der Waals surface area contributed by atoms with Crippen LogP contribution in [0.25, 0.3) is 0 Å². The molecule has 2 aliphatic rings. The van der Waals surface area contributed by atoms with Crippen LogP contribution in [0.15, 0.2) is 115 Å². The van der Waals surface area contributed by atoms with Gasteiger partial charge in [0.2, 0.25) is 12.4 Å². The molecule has 2 aliphatic heterocycles. The normalized spacial score (nSPS) is 28.1. The molecule has 2 fully saturated rings. The van der Waals surface area contributed by atoms with E-state index < -0.39 is 80.0 Å². The number of aliphatic hydroxyl groups is 4. The zero-order chi connectivity index (χ0) is 38.0. The van der Waals surface area contributed by atoms with Crippen LogP contribution in [0.4, 0.5) is 0 Å². The number of benzene rings is 4. The van der Waals surface area contributed by atoms with Crippen molar-refractivity contribution in [3.8, 4) is 11.5 Å². The fourth-order valence-corrected chi connectivity index (χ4v) is 6.05. The van der Waals surface area contributed by atoms with Crippen LogP contribution in [0.2, 0.25) is 0 Å². The summed E-state index contributed by atoms with van der Waals surface area (Å²) < 4.78 is 48.3. The number of hydrogen-bond donors (Lipinski definition) is 4. The van der Waals surface area contributed by atoms with Gasteiger partial charge in [-0.3, -0.25) is 0 Å². The summed E-state index contributed by atoms with van der Waals surface area (Å²) in [5, 5.41) is 42.0. The highest BCUT2D eigenvalue weighted by atomic mass is 16.8. The lowest BCUT2D eigenvalue weighted by Crippen LogP contribution is -2.66. The zero-order valence-electron chi connectivity index (χ0n) is 29.2. The van der Waals surface area contributed by atoms with Gasteiger partial charge in [0.1, 0.15) is 48.1 Å². The third kappa shape index (κ3) is 9.42. The Morgan fingerprint density at radius 2 is 1.15 bits per heavy atom. The minimum Gasteiger partial charge on any atom is -0.497 e. The largest absolute Gasteiger partial charge is 0.497 e. The van der Waals surface area contributed by atoms with E-state index in [1.165, 1.54) is 19.2 Å². The molecule has 14 nitrogen and oxygen atoms in total. The average Bonchev–Trinajstić information content (AvgIpc) is 3.21. The molecule has 14 heteroatoms. The van der Waals surface area contributed by atoms with E-state index >= 15 is 0 Å². The summed E-state index contributed by atoms with van der Waals surface area (Å²) in [6.07, 6.45) is -15.5. The molecule has 0 saturated carbocycles. The lowest BCUT2D eigenvalue weighted by Gasteiger charge is -2.47. The summed E-state index contributed by atoms with van der Waals surface area (Å²) in [4.78, 5) is 27.5. The molecule has 2 saturated heterocycles. The van der Waals surface area contributed by atoms with Crippen molar-refractivity contribution >= 4 is 11.9 Å². The van der Waals surface area contributed by atoms with Crippen LogP contribution in [-0.2, 0) is 35.0 Å². The van der Waals surface area contributed by atoms with E-state index in [1.807, 2.05) is 30.3 Å². The molecule has 4 aromatic rings. The van der Waals surface area contributed by atoms with Crippen molar-refractivity contribution in [1.29, 1.82) is 0 Å². The van der Waals surface area contributed by atoms with E-state index in [-0.39, 0.29) is 30.1 Å². The molecule has 54 heavy (non-hydrogen) atoms. The Bertz CT molecular complexity index is 1760. The quantitative estimate of drug-likeness (QED) is 0.138. The van der Waals surface area contributed by atoms with E-state index in [2.05, 4.69) is 0 Å². The molecule has 0 bridgehead atoms. The highest BCUT2D eigenvalue weighted by molar-refractivity contribution is 5.90. The number of rotatable bonds is 14. The predicted octanol–water partition coefficient (Wildman–Crippen LogP) is 2.65. The first-order chi connectivity index (χ1) is 26.2. The molecule has 4 N–H and O–H groups in total. The van der Waals surface area contributed by atoms with Crippen LogP contribution in [0.1, 0.15) is 26.3 Å². The maximum Gasteiger partial charge on any atom is 0.338 e. The molecule has 2 heterocycles. The Labute approximate surface area is 311 Å². The van der Waals surface area contributed by atoms with Crippen LogP contribution in [-0.4, -0.2) is 114 Å². The third-order valence-electron chi connectivity index (χ3n) is 8.94. The maximum atomic E-state index is 13.8. The standard InChI is InChI=1S/C40H42O14/c1-47-27-17-19-28(20-18-27)49-40-36(53-38(46)26-15-9-4-10-16-26)35(52-37(45)25-13-7-3-8-14-25)34(30(51-40)23-48-22-24-11-5-2-6-12-24)54-39-33(44)32(43)31(42)29(21-41)50-39/h2-20,29-36,39-44H,21-23H2,1H3/t29-,30-,31+,32+,33-,34+,35+,36-,39-,40-/m1/s1. The minimum atomic E-state index is -1.84. The third-order valence-corrected chi connectivity index (χ3v) is 8.94. The van der Waals surface area contributed by atoms with E-state index in [0.29, 0.717) is 5.75 Å². The predicted molar refractivity (Wildman–Crippen MR) is 188 cm³/mol. The van der Waals surface area contributed by atoms with Gasteiger partial charge in [-0.1, -0.05) is 66.7 Å². The van der Waals surface area contributed by atoms with Crippen LogP contribution in [0.3, 0.4) is 0 Å². The average molecular weight is 747 g/mol. The second-order valence-electron chi connectivity index (χ2n) is 12.6. The van der Waals surface area contributed by atoms with Gasteiger partial charge in [0, 0.05) is 0 Å². The Kier molecular flexibility index (Phi) is 13.2. The van der Waals surface area contributed by atoms with Gasteiger partial charge in [-0.05, 0) is 54.1 Å². The molecule has 0 unspecified atom stereocenters. The monoisotopic (exact) mass is 746 g/mol. The van der Waals surface area contributed by atoms with Gasteiger partial charge < -0.3 is 58.3 Å². The van der Waals surface area contributed by atoms with Crippen molar-refractivity contribution in [3.63, 3.8) is 0 Å². The SMILES string of the molecule is COc1ccc(O[C@@H]2O[C@H](COCc3ccccc3)[C@H](O[C@H]3O[C@H](CO)[C@H](O)[C@H](O)[C@H]3O)[C@H](OC(=O)c3ccccc3)[C@H]2OC(=O)c2ccccc2)cc1. The van der Waals surface area contributed by atoms with Crippen molar-refractivity contribution in [2.75, 3.05) is 20.3 Å². The van der Waals surface area contributed by atoms with Gasteiger partial charge in [0.25, 0.3) is 0 Å². The van der Waals surface area contributed by atoms with Crippen LogP contribution in [0, 0.1) is 0 Å².